The molecule has 0 aliphatic heterocycles. The standard InChI is InChI=1S/C13H15N3O3/c1-18-12-3-5-15-10(13(12)19-2)8-16-6-4-11(17)9(14)7-16/h3-7H,8,14H2,1-2H3. The lowest BCUT2D eigenvalue weighted by Crippen LogP contribution is -2.12. The predicted molar refractivity (Wildman–Crippen MR) is 71.6 cm³/mol. The Hall–Kier alpha value is -2.50. The molecule has 2 rings (SSSR count). The number of nitrogens with two attached hydrogens (primary N) is 1. The Morgan fingerprint density at radius 2 is 2.11 bits per heavy atom. The molecule has 2 N–H and O–H groups in total. The molecule has 6 nitrogen and oxygen atoms in total. The lowest BCUT2D eigenvalue weighted by Gasteiger charge is -2.13. The summed E-state index contributed by atoms with van der Waals surface area (Å²) in [4.78, 5) is 15.5. The molecule has 0 atom stereocenters. The molecule has 0 aliphatic rings. The zero-order valence-corrected chi connectivity index (χ0v) is 10.8. The highest BCUT2D eigenvalue weighted by Gasteiger charge is 2.11. The van der Waals surface area contributed by atoms with Crippen molar-refractivity contribution >= 4 is 5.69 Å². The number of pyridine rings is 2. The quantitative estimate of drug-likeness (QED) is 0.884. The van der Waals surface area contributed by atoms with Crippen LogP contribution in [0.3, 0.4) is 0 Å². The molecule has 2 heterocycles. The van der Waals surface area contributed by atoms with E-state index in [1.54, 1.807) is 43.4 Å². The molecule has 100 valence electrons. The second-order valence-electron chi connectivity index (χ2n) is 3.93. The number of ether oxygens (including phenoxy) is 2. The SMILES string of the molecule is COc1ccnc(Cn2ccc(=O)c(N)c2)c1OC. The Balaban J connectivity index is 2.37. The Bertz CT molecular complexity index is 637. The lowest BCUT2D eigenvalue weighted by molar-refractivity contribution is 0.348. The number of hydrogen-bond acceptors (Lipinski definition) is 5. The lowest BCUT2D eigenvalue weighted by atomic mass is 10.3. The van der Waals surface area contributed by atoms with Gasteiger partial charge in [-0.3, -0.25) is 9.78 Å². The fraction of sp³-hybridized carbons (Fsp3) is 0.231. The topological polar surface area (TPSA) is 79.4 Å². The van der Waals surface area contributed by atoms with Crippen molar-refractivity contribution in [3.05, 3.63) is 46.6 Å². The molecule has 2 aromatic heterocycles. The van der Waals surface area contributed by atoms with E-state index < -0.39 is 0 Å². The third-order valence-corrected chi connectivity index (χ3v) is 2.71. The molecular formula is C13H15N3O3. The van der Waals surface area contributed by atoms with Crippen LogP contribution in [0.1, 0.15) is 5.69 Å². The summed E-state index contributed by atoms with van der Waals surface area (Å²) in [5.74, 6) is 1.18. The number of rotatable bonds is 4. The van der Waals surface area contributed by atoms with Crippen molar-refractivity contribution in [2.45, 2.75) is 6.54 Å². The molecule has 0 radical (unpaired) electrons. The third kappa shape index (κ3) is 2.67. The Labute approximate surface area is 110 Å². The van der Waals surface area contributed by atoms with E-state index in [-0.39, 0.29) is 11.1 Å². The van der Waals surface area contributed by atoms with Gasteiger partial charge in [0.1, 0.15) is 5.69 Å². The predicted octanol–water partition coefficient (Wildman–Crippen LogP) is 0.891. The van der Waals surface area contributed by atoms with Gasteiger partial charge in [0.15, 0.2) is 11.5 Å². The largest absolute Gasteiger partial charge is 0.493 e. The van der Waals surface area contributed by atoms with Crippen LogP contribution in [0.5, 0.6) is 11.5 Å². The third-order valence-electron chi connectivity index (χ3n) is 2.71. The highest BCUT2D eigenvalue weighted by Crippen LogP contribution is 2.29. The van der Waals surface area contributed by atoms with Gasteiger partial charge in [-0.15, -0.1) is 0 Å². The van der Waals surface area contributed by atoms with Gasteiger partial charge < -0.3 is 19.8 Å². The average Bonchev–Trinajstić information content (AvgIpc) is 2.42. The molecule has 0 spiro atoms. The highest BCUT2D eigenvalue weighted by atomic mass is 16.5. The molecule has 2 aromatic rings. The van der Waals surface area contributed by atoms with Gasteiger partial charge in [-0.2, -0.15) is 0 Å². The smallest absolute Gasteiger partial charge is 0.204 e. The van der Waals surface area contributed by atoms with E-state index in [1.165, 1.54) is 6.07 Å². The normalized spacial score (nSPS) is 10.2. The van der Waals surface area contributed by atoms with Crippen LogP contribution >= 0.6 is 0 Å². The molecule has 19 heavy (non-hydrogen) atoms. The van der Waals surface area contributed by atoms with E-state index >= 15 is 0 Å². The first-order valence-electron chi connectivity index (χ1n) is 5.67. The van der Waals surface area contributed by atoms with Crippen molar-refractivity contribution in [3.63, 3.8) is 0 Å². The molecule has 0 unspecified atom stereocenters. The van der Waals surface area contributed by atoms with E-state index in [2.05, 4.69) is 4.98 Å². The van der Waals surface area contributed by atoms with E-state index in [0.717, 1.165) is 0 Å². The zero-order chi connectivity index (χ0) is 13.8. The average molecular weight is 261 g/mol. The molecule has 0 saturated heterocycles. The first-order valence-corrected chi connectivity index (χ1v) is 5.67. The molecule has 0 fully saturated rings. The molecule has 6 heteroatoms. The zero-order valence-electron chi connectivity index (χ0n) is 10.8. The van der Waals surface area contributed by atoms with Crippen LogP contribution in [0.2, 0.25) is 0 Å². The van der Waals surface area contributed by atoms with Gasteiger partial charge in [0.25, 0.3) is 0 Å². The Kier molecular flexibility index (Phi) is 3.70. The fourth-order valence-electron chi connectivity index (χ4n) is 1.78. The van der Waals surface area contributed by atoms with Crippen LogP contribution in [-0.4, -0.2) is 23.8 Å². The van der Waals surface area contributed by atoms with Crippen LogP contribution in [0.15, 0.2) is 35.5 Å². The highest BCUT2D eigenvalue weighted by molar-refractivity contribution is 5.43. The van der Waals surface area contributed by atoms with Gasteiger partial charge in [-0.25, -0.2) is 0 Å². The molecule has 0 aliphatic carbocycles. The maximum Gasteiger partial charge on any atom is 0.204 e. The van der Waals surface area contributed by atoms with Crippen molar-refractivity contribution in [2.24, 2.45) is 0 Å². The van der Waals surface area contributed by atoms with Crippen LogP contribution < -0.4 is 20.6 Å². The fourth-order valence-corrected chi connectivity index (χ4v) is 1.78. The Morgan fingerprint density at radius 1 is 1.32 bits per heavy atom. The second-order valence-corrected chi connectivity index (χ2v) is 3.93. The summed E-state index contributed by atoms with van der Waals surface area (Å²) >= 11 is 0. The van der Waals surface area contributed by atoms with Gasteiger partial charge in [-0.05, 0) is 0 Å². The van der Waals surface area contributed by atoms with E-state index in [9.17, 15) is 4.79 Å². The second kappa shape index (κ2) is 5.43. The molecule has 0 bridgehead atoms. The Morgan fingerprint density at radius 3 is 2.74 bits per heavy atom. The molecular weight excluding hydrogens is 246 g/mol. The number of methoxy groups -OCH3 is 2. The van der Waals surface area contributed by atoms with Crippen molar-refractivity contribution in [1.29, 1.82) is 0 Å². The monoisotopic (exact) mass is 261 g/mol. The number of anilines is 1. The van der Waals surface area contributed by atoms with Gasteiger partial charge in [0, 0.05) is 30.7 Å². The van der Waals surface area contributed by atoms with Gasteiger partial charge in [0.2, 0.25) is 5.43 Å². The minimum absolute atomic E-state index is 0.193. The number of nitrogen functional groups attached to an aromatic ring is 1. The van der Waals surface area contributed by atoms with Crippen LogP contribution in [0.4, 0.5) is 5.69 Å². The van der Waals surface area contributed by atoms with Gasteiger partial charge in [-0.1, -0.05) is 0 Å². The first-order chi connectivity index (χ1) is 9.15. The van der Waals surface area contributed by atoms with Crippen LogP contribution in [-0.2, 0) is 6.54 Å². The van der Waals surface area contributed by atoms with Gasteiger partial charge >= 0.3 is 0 Å². The number of aromatic nitrogens is 2. The van der Waals surface area contributed by atoms with Crippen molar-refractivity contribution in [2.75, 3.05) is 20.0 Å². The summed E-state index contributed by atoms with van der Waals surface area (Å²) in [6.45, 7) is 0.435. The van der Waals surface area contributed by atoms with Gasteiger partial charge in [0.05, 0.1) is 26.5 Å². The van der Waals surface area contributed by atoms with E-state index in [1.807, 2.05) is 0 Å². The van der Waals surface area contributed by atoms with Crippen LogP contribution in [0, 0.1) is 0 Å². The molecule has 0 aromatic carbocycles. The molecule has 0 saturated carbocycles. The number of hydrogen-bond donors (Lipinski definition) is 1. The van der Waals surface area contributed by atoms with Crippen molar-refractivity contribution < 1.29 is 9.47 Å². The van der Waals surface area contributed by atoms with E-state index in [0.29, 0.717) is 23.7 Å². The summed E-state index contributed by atoms with van der Waals surface area (Å²) in [6, 6.07) is 3.14. The number of nitrogens with zero attached hydrogens (tertiary/aromatic N) is 2. The maximum absolute atomic E-state index is 11.2. The summed E-state index contributed by atoms with van der Waals surface area (Å²) in [5, 5.41) is 0. The summed E-state index contributed by atoms with van der Waals surface area (Å²) in [5.41, 5.74) is 6.30. The summed E-state index contributed by atoms with van der Waals surface area (Å²) in [7, 11) is 3.13. The summed E-state index contributed by atoms with van der Waals surface area (Å²) < 4.78 is 12.3. The molecule has 0 amide bonds. The minimum Gasteiger partial charge on any atom is -0.493 e. The summed E-state index contributed by atoms with van der Waals surface area (Å²) in [6.07, 6.45) is 4.87. The van der Waals surface area contributed by atoms with Crippen LogP contribution in [0.25, 0.3) is 0 Å². The van der Waals surface area contributed by atoms with Crippen molar-refractivity contribution in [3.8, 4) is 11.5 Å². The minimum atomic E-state index is -0.193. The maximum atomic E-state index is 11.2. The first kappa shape index (κ1) is 12.9. The van der Waals surface area contributed by atoms with Crippen molar-refractivity contribution in [1.82, 2.24) is 9.55 Å². The van der Waals surface area contributed by atoms with E-state index in [4.69, 9.17) is 15.2 Å².